The highest BCUT2D eigenvalue weighted by Crippen LogP contribution is 2.22. The molecule has 30 heavy (non-hydrogen) atoms. The lowest BCUT2D eigenvalue weighted by atomic mass is 10.1. The van der Waals surface area contributed by atoms with Gasteiger partial charge in [0.05, 0.1) is 0 Å². The fourth-order valence-electron chi connectivity index (χ4n) is 3.35. The minimum atomic E-state index is 0.0167. The van der Waals surface area contributed by atoms with E-state index in [-0.39, 0.29) is 5.91 Å². The topological polar surface area (TPSA) is 61.6 Å². The summed E-state index contributed by atoms with van der Waals surface area (Å²) < 4.78 is 5.76. The summed E-state index contributed by atoms with van der Waals surface area (Å²) in [5.41, 5.74) is 2.96. The van der Waals surface area contributed by atoms with E-state index in [4.69, 9.17) is 16.0 Å². The average Bonchev–Trinajstić information content (AvgIpc) is 3.17. The van der Waals surface area contributed by atoms with E-state index in [0.29, 0.717) is 47.3 Å². The van der Waals surface area contributed by atoms with Gasteiger partial charge in [-0.05, 0) is 55.9 Å². The van der Waals surface area contributed by atoms with Crippen LogP contribution in [0.15, 0.2) is 46.9 Å². The van der Waals surface area contributed by atoms with Gasteiger partial charge < -0.3 is 19.5 Å². The standard InChI is InChI=1S/C23H29ClN4O2/c1-4-27(5-2)12-13-28(6-3)22(29)18-10-11-21-20(15-18)26-23(30-21)25-16-17-8-7-9-19(24)14-17/h7-11,14-15H,4-6,12-13,16H2,1-3H3,(H,25,26). The van der Waals surface area contributed by atoms with Crippen LogP contribution < -0.4 is 5.32 Å². The second-order valence-corrected chi connectivity index (χ2v) is 7.53. The summed E-state index contributed by atoms with van der Waals surface area (Å²) in [6.07, 6.45) is 0. The summed E-state index contributed by atoms with van der Waals surface area (Å²) in [5.74, 6) is 0.0167. The third-order valence-electron chi connectivity index (χ3n) is 5.22. The number of rotatable bonds is 10. The van der Waals surface area contributed by atoms with E-state index >= 15 is 0 Å². The Labute approximate surface area is 182 Å². The van der Waals surface area contributed by atoms with E-state index < -0.39 is 0 Å². The molecular formula is C23H29ClN4O2. The Morgan fingerprint density at radius 3 is 2.57 bits per heavy atom. The molecule has 1 aromatic heterocycles. The number of carbonyl (C=O) groups is 1. The van der Waals surface area contributed by atoms with Crippen molar-refractivity contribution in [3.63, 3.8) is 0 Å². The first-order chi connectivity index (χ1) is 14.5. The maximum absolute atomic E-state index is 13.0. The Bertz CT molecular complexity index is 984. The molecule has 0 spiro atoms. The number of anilines is 1. The van der Waals surface area contributed by atoms with Crippen molar-refractivity contribution in [2.75, 3.05) is 38.0 Å². The number of aromatic nitrogens is 1. The van der Waals surface area contributed by atoms with Gasteiger partial charge in [0.25, 0.3) is 11.9 Å². The number of benzene rings is 2. The van der Waals surface area contributed by atoms with Crippen LogP contribution in [0.2, 0.25) is 5.02 Å². The molecular weight excluding hydrogens is 400 g/mol. The van der Waals surface area contributed by atoms with E-state index in [1.54, 1.807) is 18.2 Å². The number of likely N-dealkylation sites (N-methyl/N-ethyl adjacent to an activating group) is 2. The number of nitrogens with zero attached hydrogens (tertiary/aromatic N) is 3. The second kappa shape index (κ2) is 10.5. The SMILES string of the molecule is CCN(CC)CCN(CC)C(=O)c1ccc2oc(NCc3cccc(Cl)c3)nc2c1. The van der Waals surface area contributed by atoms with Crippen molar-refractivity contribution in [2.24, 2.45) is 0 Å². The van der Waals surface area contributed by atoms with Crippen molar-refractivity contribution in [3.05, 3.63) is 58.6 Å². The zero-order valence-corrected chi connectivity index (χ0v) is 18.6. The highest BCUT2D eigenvalue weighted by Gasteiger charge is 2.17. The molecule has 0 radical (unpaired) electrons. The summed E-state index contributed by atoms with van der Waals surface area (Å²) >= 11 is 6.03. The Hall–Kier alpha value is -2.57. The maximum Gasteiger partial charge on any atom is 0.295 e. The van der Waals surface area contributed by atoms with E-state index in [1.807, 2.05) is 36.1 Å². The number of amides is 1. The van der Waals surface area contributed by atoms with Crippen molar-refractivity contribution in [2.45, 2.75) is 27.3 Å². The quantitative estimate of drug-likeness (QED) is 0.497. The normalized spacial score (nSPS) is 11.2. The summed E-state index contributed by atoms with van der Waals surface area (Å²) in [7, 11) is 0. The molecule has 1 amide bonds. The van der Waals surface area contributed by atoms with Gasteiger partial charge in [0.2, 0.25) is 0 Å². The first kappa shape index (κ1) is 22.1. The zero-order chi connectivity index (χ0) is 21.5. The third-order valence-corrected chi connectivity index (χ3v) is 5.45. The summed E-state index contributed by atoms with van der Waals surface area (Å²) in [4.78, 5) is 21.7. The van der Waals surface area contributed by atoms with Gasteiger partial charge in [-0.2, -0.15) is 4.98 Å². The molecule has 1 N–H and O–H groups in total. The van der Waals surface area contributed by atoms with Crippen LogP contribution in [0.4, 0.5) is 6.01 Å². The lowest BCUT2D eigenvalue weighted by molar-refractivity contribution is 0.0747. The molecule has 0 saturated heterocycles. The second-order valence-electron chi connectivity index (χ2n) is 7.10. The number of hydrogen-bond donors (Lipinski definition) is 1. The molecule has 6 nitrogen and oxygen atoms in total. The van der Waals surface area contributed by atoms with E-state index in [9.17, 15) is 4.79 Å². The molecule has 2 aromatic carbocycles. The minimum absolute atomic E-state index is 0.0167. The summed E-state index contributed by atoms with van der Waals surface area (Å²) in [5, 5.41) is 3.86. The molecule has 0 unspecified atom stereocenters. The van der Waals surface area contributed by atoms with Crippen LogP contribution in [0.3, 0.4) is 0 Å². The van der Waals surface area contributed by atoms with Gasteiger partial charge >= 0.3 is 0 Å². The molecule has 3 aromatic rings. The molecule has 0 fully saturated rings. The van der Waals surface area contributed by atoms with Crippen LogP contribution in [0, 0.1) is 0 Å². The van der Waals surface area contributed by atoms with Gasteiger partial charge in [0.1, 0.15) is 5.52 Å². The molecule has 3 rings (SSSR count). The Balaban J connectivity index is 1.68. The summed E-state index contributed by atoms with van der Waals surface area (Å²) in [6, 6.07) is 13.4. The van der Waals surface area contributed by atoms with Crippen molar-refractivity contribution >= 4 is 34.6 Å². The minimum Gasteiger partial charge on any atom is -0.424 e. The molecule has 0 aliphatic rings. The van der Waals surface area contributed by atoms with Gasteiger partial charge in [-0.1, -0.05) is 37.6 Å². The van der Waals surface area contributed by atoms with Gasteiger partial charge in [0, 0.05) is 36.8 Å². The summed E-state index contributed by atoms with van der Waals surface area (Å²) in [6.45, 7) is 11.0. The molecule has 1 heterocycles. The molecule has 0 aliphatic heterocycles. The van der Waals surface area contributed by atoms with Crippen LogP contribution in [-0.4, -0.2) is 53.4 Å². The number of nitrogens with one attached hydrogen (secondary N) is 1. The molecule has 160 valence electrons. The van der Waals surface area contributed by atoms with E-state index in [1.165, 1.54) is 0 Å². The Morgan fingerprint density at radius 1 is 1.07 bits per heavy atom. The molecule has 0 atom stereocenters. The molecule has 7 heteroatoms. The van der Waals surface area contributed by atoms with Crippen LogP contribution >= 0.6 is 11.6 Å². The first-order valence-electron chi connectivity index (χ1n) is 10.4. The maximum atomic E-state index is 13.0. The van der Waals surface area contributed by atoms with Crippen LogP contribution in [0.1, 0.15) is 36.7 Å². The Kier molecular flexibility index (Phi) is 7.71. The fourth-order valence-corrected chi connectivity index (χ4v) is 3.56. The van der Waals surface area contributed by atoms with Gasteiger partial charge in [-0.25, -0.2) is 0 Å². The van der Waals surface area contributed by atoms with Crippen molar-refractivity contribution in [1.29, 1.82) is 0 Å². The average molecular weight is 429 g/mol. The van der Waals surface area contributed by atoms with Crippen LogP contribution in [0.25, 0.3) is 11.1 Å². The predicted octanol–water partition coefficient (Wildman–Crippen LogP) is 4.90. The highest BCUT2D eigenvalue weighted by molar-refractivity contribution is 6.30. The number of halogens is 1. The molecule has 0 saturated carbocycles. The zero-order valence-electron chi connectivity index (χ0n) is 17.8. The smallest absolute Gasteiger partial charge is 0.295 e. The Morgan fingerprint density at radius 2 is 1.87 bits per heavy atom. The number of hydrogen-bond acceptors (Lipinski definition) is 5. The fraction of sp³-hybridized carbons (Fsp3) is 0.391. The largest absolute Gasteiger partial charge is 0.424 e. The van der Waals surface area contributed by atoms with Gasteiger partial charge in [-0.3, -0.25) is 4.79 Å². The lowest BCUT2D eigenvalue weighted by Gasteiger charge is -2.25. The first-order valence-corrected chi connectivity index (χ1v) is 10.8. The molecule has 0 bridgehead atoms. The van der Waals surface area contributed by atoms with Crippen LogP contribution in [0.5, 0.6) is 0 Å². The number of fused-ring (bicyclic) bond motifs is 1. The monoisotopic (exact) mass is 428 g/mol. The van der Waals surface area contributed by atoms with E-state index in [2.05, 4.69) is 29.0 Å². The number of carbonyl (C=O) groups excluding carboxylic acids is 1. The van der Waals surface area contributed by atoms with Crippen molar-refractivity contribution in [3.8, 4) is 0 Å². The third kappa shape index (κ3) is 5.52. The van der Waals surface area contributed by atoms with Gasteiger partial charge in [-0.15, -0.1) is 0 Å². The van der Waals surface area contributed by atoms with E-state index in [0.717, 1.165) is 25.2 Å². The highest BCUT2D eigenvalue weighted by atomic mass is 35.5. The van der Waals surface area contributed by atoms with Crippen LogP contribution in [-0.2, 0) is 6.54 Å². The number of oxazole rings is 1. The van der Waals surface area contributed by atoms with Gasteiger partial charge in [0.15, 0.2) is 5.58 Å². The predicted molar refractivity (Wildman–Crippen MR) is 122 cm³/mol. The van der Waals surface area contributed by atoms with Crippen molar-refractivity contribution < 1.29 is 9.21 Å². The molecule has 0 aliphatic carbocycles. The van der Waals surface area contributed by atoms with Crippen molar-refractivity contribution in [1.82, 2.24) is 14.8 Å². The lowest BCUT2D eigenvalue weighted by Crippen LogP contribution is -2.38.